The van der Waals surface area contributed by atoms with Gasteiger partial charge >= 0.3 is 0 Å². The molecule has 3 aromatic carbocycles. The topological polar surface area (TPSA) is 93.9 Å². The molecule has 1 heterocycles. The maximum Gasteiger partial charge on any atom is 0.273 e. The number of hydrogen-bond acceptors (Lipinski definition) is 5. The van der Waals surface area contributed by atoms with Crippen molar-refractivity contribution >= 4 is 35.3 Å². The third kappa shape index (κ3) is 6.22. The van der Waals surface area contributed by atoms with E-state index in [4.69, 9.17) is 21.1 Å². The van der Waals surface area contributed by atoms with Crippen LogP contribution in [0, 0.1) is 13.8 Å². The Hall–Kier alpha value is -4.56. The molecule has 0 spiro atoms. The molecule has 0 fully saturated rings. The molecule has 8 nitrogen and oxygen atoms in total. The van der Waals surface area contributed by atoms with Gasteiger partial charge in [-0.05, 0) is 67.9 Å². The summed E-state index contributed by atoms with van der Waals surface area (Å²) in [6.45, 7) is 3.62. The first-order valence-corrected chi connectivity index (χ1v) is 12.2. The van der Waals surface area contributed by atoms with E-state index in [2.05, 4.69) is 15.8 Å². The molecule has 0 radical (unpaired) electrons. The van der Waals surface area contributed by atoms with Crippen LogP contribution in [0.25, 0.3) is 5.69 Å². The molecule has 38 heavy (non-hydrogen) atoms. The Balaban J connectivity index is 1.37. The second-order valence-electron chi connectivity index (χ2n) is 8.38. The molecule has 9 heteroatoms. The van der Waals surface area contributed by atoms with Crippen LogP contribution in [0.2, 0.25) is 5.02 Å². The number of anilines is 1. The molecule has 0 unspecified atom stereocenters. The minimum atomic E-state index is -0.361. The lowest BCUT2D eigenvalue weighted by atomic mass is 10.2. The molecule has 4 aromatic rings. The van der Waals surface area contributed by atoms with Crippen LogP contribution in [-0.4, -0.2) is 36.3 Å². The SMILES string of the molecule is COc1cc(/C=N/NC(=O)c2cc(C)n(-c3ccccc3)c2C)ccc1OCC(=O)Nc1ccccc1Cl. The molecular formula is C29H27ClN4O4. The highest BCUT2D eigenvalue weighted by Gasteiger charge is 2.16. The molecule has 0 aliphatic rings. The van der Waals surface area contributed by atoms with Crippen molar-refractivity contribution in [2.45, 2.75) is 13.8 Å². The highest BCUT2D eigenvalue weighted by atomic mass is 35.5. The van der Waals surface area contributed by atoms with Gasteiger partial charge < -0.3 is 19.4 Å². The molecule has 2 N–H and O–H groups in total. The fourth-order valence-corrected chi connectivity index (χ4v) is 4.15. The molecule has 0 saturated heterocycles. The number of nitrogens with zero attached hydrogens (tertiary/aromatic N) is 2. The molecule has 0 aliphatic heterocycles. The minimum Gasteiger partial charge on any atom is -0.493 e. The summed E-state index contributed by atoms with van der Waals surface area (Å²) in [7, 11) is 1.50. The van der Waals surface area contributed by atoms with Crippen LogP contribution in [0.5, 0.6) is 11.5 Å². The zero-order valence-corrected chi connectivity index (χ0v) is 22.0. The largest absolute Gasteiger partial charge is 0.493 e. The number of aryl methyl sites for hydroxylation is 1. The molecule has 1 aromatic heterocycles. The van der Waals surface area contributed by atoms with Gasteiger partial charge in [0.2, 0.25) is 0 Å². The number of hydrogen-bond donors (Lipinski definition) is 2. The van der Waals surface area contributed by atoms with Crippen LogP contribution < -0.4 is 20.2 Å². The van der Waals surface area contributed by atoms with Gasteiger partial charge in [-0.1, -0.05) is 41.9 Å². The predicted octanol–water partition coefficient (Wildman–Crippen LogP) is 5.54. The summed E-state index contributed by atoms with van der Waals surface area (Å²) in [6.07, 6.45) is 1.50. The summed E-state index contributed by atoms with van der Waals surface area (Å²) in [5, 5.41) is 7.24. The predicted molar refractivity (Wildman–Crippen MR) is 149 cm³/mol. The number of ether oxygens (including phenoxy) is 2. The molecule has 2 amide bonds. The van der Waals surface area contributed by atoms with Crippen molar-refractivity contribution in [3.63, 3.8) is 0 Å². The second-order valence-corrected chi connectivity index (χ2v) is 8.79. The van der Waals surface area contributed by atoms with E-state index in [1.807, 2.05) is 54.8 Å². The van der Waals surface area contributed by atoms with Crippen molar-refractivity contribution in [1.82, 2.24) is 9.99 Å². The normalized spacial score (nSPS) is 10.8. The minimum absolute atomic E-state index is 0.230. The van der Waals surface area contributed by atoms with Gasteiger partial charge in [0.1, 0.15) is 0 Å². The summed E-state index contributed by atoms with van der Waals surface area (Å²) in [5.74, 6) is 0.127. The highest BCUT2D eigenvalue weighted by Crippen LogP contribution is 2.28. The molecular weight excluding hydrogens is 504 g/mol. The lowest BCUT2D eigenvalue weighted by Gasteiger charge is -2.12. The van der Waals surface area contributed by atoms with E-state index >= 15 is 0 Å². The van der Waals surface area contributed by atoms with Crippen molar-refractivity contribution in [2.24, 2.45) is 5.10 Å². The van der Waals surface area contributed by atoms with E-state index < -0.39 is 0 Å². The Kier molecular flexibility index (Phi) is 8.45. The van der Waals surface area contributed by atoms with Crippen LogP contribution in [0.4, 0.5) is 5.69 Å². The van der Waals surface area contributed by atoms with Crippen molar-refractivity contribution < 1.29 is 19.1 Å². The number of nitrogens with one attached hydrogen (secondary N) is 2. The van der Waals surface area contributed by atoms with Crippen LogP contribution in [0.3, 0.4) is 0 Å². The van der Waals surface area contributed by atoms with Gasteiger partial charge in [-0.2, -0.15) is 5.10 Å². The van der Waals surface area contributed by atoms with Gasteiger partial charge in [0, 0.05) is 17.1 Å². The van der Waals surface area contributed by atoms with E-state index in [9.17, 15) is 9.59 Å². The molecule has 0 aliphatic carbocycles. The fourth-order valence-electron chi connectivity index (χ4n) is 3.97. The number of hydrazone groups is 1. The van der Waals surface area contributed by atoms with Gasteiger partial charge in [-0.3, -0.25) is 9.59 Å². The monoisotopic (exact) mass is 530 g/mol. The maximum atomic E-state index is 12.8. The zero-order valence-electron chi connectivity index (χ0n) is 21.2. The third-order valence-corrected chi connectivity index (χ3v) is 6.09. The number of para-hydroxylation sites is 2. The van der Waals surface area contributed by atoms with Crippen molar-refractivity contribution in [2.75, 3.05) is 19.0 Å². The van der Waals surface area contributed by atoms with Gasteiger partial charge in [-0.15, -0.1) is 0 Å². The quantitative estimate of drug-likeness (QED) is 0.219. The summed E-state index contributed by atoms with van der Waals surface area (Å²) in [4.78, 5) is 25.1. The number of aromatic nitrogens is 1. The van der Waals surface area contributed by atoms with E-state index in [1.165, 1.54) is 13.3 Å². The van der Waals surface area contributed by atoms with E-state index in [1.54, 1.807) is 42.5 Å². The summed E-state index contributed by atoms with van der Waals surface area (Å²) in [6, 6.07) is 23.7. The standard InChI is InChI=1S/C29H27ClN4O4/c1-19-15-23(20(2)34(19)22-9-5-4-6-10-22)29(36)33-31-17-21-13-14-26(27(16-21)37-3)38-18-28(35)32-25-12-8-7-11-24(25)30/h4-17H,18H2,1-3H3,(H,32,35)(H,33,36)/b31-17+. The van der Waals surface area contributed by atoms with Crippen LogP contribution in [0.15, 0.2) is 84.0 Å². The van der Waals surface area contributed by atoms with Crippen molar-refractivity contribution in [3.8, 4) is 17.2 Å². The van der Waals surface area contributed by atoms with E-state index in [0.717, 1.165) is 17.1 Å². The number of methoxy groups -OCH3 is 1. The summed E-state index contributed by atoms with van der Waals surface area (Å²) >= 11 is 6.07. The number of carbonyl (C=O) groups is 2. The first kappa shape index (κ1) is 26.5. The highest BCUT2D eigenvalue weighted by molar-refractivity contribution is 6.33. The fraction of sp³-hybridized carbons (Fsp3) is 0.138. The Labute approximate surface area is 225 Å². The van der Waals surface area contributed by atoms with Crippen molar-refractivity contribution in [1.29, 1.82) is 0 Å². The smallest absolute Gasteiger partial charge is 0.273 e. The molecule has 194 valence electrons. The van der Waals surface area contributed by atoms with E-state index in [-0.39, 0.29) is 18.4 Å². The Morgan fingerprint density at radius 2 is 1.71 bits per heavy atom. The van der Waals surface area contributed by atoms with Gasteiger partial charge in [-0.25, -0.2) is 5.43 Å². The van der Waals surface area contributed by atoms with Crippen LogP contribution in [-0.2, 0) is 4.79 Å². The third-order valence-electron chi connectivity index (χ3n) is 5.76. The number of amides is 2. The summed E-state index contributed by atoms with van der Waals surface area (Å²) < 4.78 is 13.0. The second kappa shape index (κ2) is 12.1. The molecule has 0 saturated carbocycles. The number of rotatable bonds is 9. The Bertz CT molecular complexity index is 1480. The maximum absolute atomic E-state index is 12.8. The average Bonchev–Trinajstić information content (AvgIpc) is 3.23. The van der Waals surface area contributed by atoms with Gasteiger partial charge in [0.05, 0.1) is 29.6 Å². The average molecular weight is 531 g/mol. The molecule has 0 atom stereocenters. The Morgan fingerprint density at radius 3 is 2.45 bits per heavy atom. The lowest BCUT2D eigenvalue weighted by Crippen LogP contribution is -2.20. The van der Waals surface area contributed by atoms with E-state index in [0.29, 0.717) is 33.3 Å². The first-order valence-electron chi connectivity index (χ1n) is 11.8. The molecule has 4 rings (SSSR count). The van der Waals surface area contributed by atoms with Gasteiger partial charge in [0.25, 0.3) is 11.8 Å². The zero-order chi connectivity index (χ0) is 27.1. The molecule has 0 bridgehead atoms. The van der Waals surface area contributed by atoms with Gasteiger partial charge in [0.15, 0.2) is 18.1 Å². The van der Waals surface area contributed by atoms with Crippen molar-refractivity contribution in [3.05, 3.63) is 106 Å². The first-order chi connectivity index (χ1) is 18.4. The number of carbonyl (C=O) groups excluding carboxylic acids is 2. The van der Waals surface area contributed by atoms with Crippen LogP contribution in [0.1, 0.15) is 27.3 Å². The number of benzene rings is 3. The van der Waals surface area contributed by atoms with Crippen LogP contribution >= 0.6 is 11.6 Å². The number of halogens is 1. The Morgan fingerprint density at radius 1 is 0.974 bits per heavy atom. The lowest BCUT2D eigenvalue weighted by molar-refractivity contribution is -0.118. The summed E-state index contributed by atoms with van der Waals surface area (Å²) in [5.41, 5.74) is 7.06.